The molecule has 0 fully saturated rings. The van der Waals surface area contributed by atoms with Gasteiger partial charge >= 0.3 is 0 Å². The maximum atomic E-state index is 13.1. The molecule has 7 nitrogen and oxygen atoms in total. The number of rotatable bonds is 4. The Morgan fingerprint density at radius 3 is 2.73 bits per heavy atom. The van der Waals surface area contributed by atoms with E-state index in [1.165, 1.54) is 4.90 Å². The molecule has 0 radical (unpaired) electrons. The van der Waals surface area contributed by atoms with Crippen molar-refractivity contribution in [3.8, 4) is 12.3 Å². The Balaban J connectivity index is 1.52. The molecule has 4 rings (SSSR count). The first-order valence-electron chi connectivity index (χ1n) is 9.64. The first kappa shape index (κ1) is 19.4. The summed E-state index contributed by atoms with van der Waals surface area (Å²) in [7, 11) is 1.68. The molecule has 2 heterocycles. The molecule has 2 aromatic carbocycles. The standard InChI is InChI=1S/C23H21N5O2/c1-3-16-14-17-11-7-8-12-18(17)28(2)23(30)20(16)25-22(29)21-24-19(26-27-21)13-15-9-5-4-6-10-15/h1,4-12,16,20H,13-14H2,2H3,(H,25,29)(H,24,26,27)/t16-,20-/m1/s1. The van der Waals surface area contributed by atoms with Crippen LogP contribution >= 0.6 is 0 Å². The minimum Gasteiger partial charge on any atom is -0.336 e. The number of aromatic nitrogens is 3. The summed E-state index contributed by atoms with van der Waals surface area (Å²) in [5, 5.41) is 9.55. The van der Waals surface area contributed by atoms with Crippen LogP contribution in [0.5, 0.6) is 0 Å². The van der Waals surface area contributed by atoms with Crippen LogP contribution in [0.4, 0.5) is 5.69 Å². The number of aromatic amines is 1. The van der Waals surface area contributed by atoms with Gasteiger partial charge in [0.15, 0.2) is 0 Å². The first-order valence-corrected chi connectivity index (χ1v) is 9.64. The molecule has 1 aliphatic rings. The molecule has 0 spiro atoms. The zero-order valence-electron chi connectivity index (χ0n) is 16.5. The number of nitrogens with one attached hydrogen (secondary N) is 2. The van der Waals surface area contributed by atoms with Crippen LogP contribution in [0.25, 0.3) is 0 Å². The minimum atomic E-state index is -0.865. The first-order chi connectivity index (χ1) is 14.6. The van der Waals surface area contributed by atoms with Gasteiger partial charge in [0.25, 0.3) is 11.8 Å². The summed E-state index contributed by atoms with van der Waals surface area (Å²) >= 11 is 0. The van der Waals surface area contributed by atoms with Crippen molar-refractivity contribution >= 4 is 17.5 Å². The number of amides is 2. The lowest BCUT2D eigenvalue weighted by Gasteiger charge is -2.23. The second kappa shape index (κ2) is 8.21. The second-order valence-corrected chi connectivity index (χ2v) is 7.22. The van der Waals surface area contributed by atoms with Gasteiger partial charge in [-0.15, -0.1) is 17.4 Å². The summed E-state index contributed by atoms with van der Waals surface area (Å²) in [6, 6.07) is 16.5. The number of terminal acetylenes is 1. The van der Waals surface area contributed by atoms with Crippen LogP contribution in [-0.2, 0) is 17.6 Å². The van der Waals surface area contributed by atoms with Crippen LogP contribution in [0.3, 0.4) is 0 Å². The van der Waals surface area contributed by atoms with Gasteiger partial charge in [-0.2, -0.15) is 0 Å². The molecule has 150 valence electrons. The van der Waals surface area contributed by atoms with Gasteiger partial charge in [0.1, 0.15) is 11.9 Å². The fourth-order valence-corrected chi connectivity index (χ4v) is 3.65. The number of para-hydroxylation sites is 1. The summed E-state index contributed by atoms with van der Waals surface area (Å²) in [4.78, 5) is 31.7. The van der Waals surface area contributed by atoms with Crippen molar-refractivity contribution in [1.29, 1.82) is 0 Å². The molecule has 1 aliphatic heterocycles. The van der Waals surface area contributed by atoms with E-state index in [9.17, 15) is 9.59 Å². The Bertz CT molecular complexity index is 1120. The van der Waals surface area contributed by atoms with Gasteiger partial charge in [0, 0.05) is 19.2 Å². The largest absolute Gasteiger partial charge is 0.336 e. The smallest absolute Gasteiger partial charge is 0.291 e. The summed E-state index contributed by atoms with van der Waals surface area (Å²) in [5.41, 5.74) is 2.81. The number of H-pyrrole nitrogens is 1. The topological polar surface area (TPSA) is 91.0 Å². The highest BCUT2D eigenvalue weighted by molar-refractivity contribution is 6.02. The highest BCUT2D eigenvalue weighted by Crippen LogP contribution is 2.28. The number of benzene rings is 2. The maximum Gasteiger partial charge on any atom is 0.291 e. The number of carbonyl (C=O) groups excluding carboxylic acids is 2. The summed E-state index contributed by atoms with van der Waals surface area (Å²) in [6.45, 7) is 0. The van der Waals surface area contributed by atoms with E-state index in [0.29, 0.717) is 18.7 Å². The fraction of sp³-hybridized carbons (Fsp3) is 0.217. The third-order valence-electron chi connectivity index (χ3n) is 5.24. The number of carbonyl (C=O) groups is 2. The van der Waals surface area contributed by atoms with E-state index in [1.807, 2.05) is 54.6 Å². The SMILES string of the molecule is C#C[C@@H]1Cc2ccccc2N(C)C(=O)[C@@H]1NC(=O)c1n[nH]c(Cc2ccccc2)n1. The third kappa shape index (κ3) is 3.80. The fourth-order valence-electron chi connectivity index (χ4n) is 3.65. The molecule has 0 unspecified atom stereocenters. The lowest BCUT2D eigenvalue weighted by Crippen LogP contribution is -2.50. The number of fused-ring (bicyclic) bond motifs is 1. The molecule has 30 heavy (non-hydrogen) atoms. The molecule has 2 amide bonds. The summed E-state index contributed by atoms with van der Waals surface area (Å²) in [5.74, 6) is 1.93. The van der Waals surface area contributed by atoms with E-state index >= 15 is 0 Å². The van der Waals surface area contributed by atoms with Gasteiger partial charge in [-0.25, -0.2) is 4.98 Å². The van der Waals surface area contributed by atoms with Crippen LogP contribution in [-0.4, -0.2) is 40.1 Å². The number of likely N-dealkylation sites (N-methyl/N-ethyl adjacent to an activating group) is 1. The average molecular weight is 399 g/mol. The van der Waals surface area contributed by atoms with Crippen molar-refractivity contribution in [2.75, 3.05) is 11.9 Å². The van der Waals surface area contributed by atoms with Crippen LogP contribution < -0.4 is 10.2 Å². The molecular weight excluding hydrogens is 378 g/mol. The Labute approximate surface area is 174 Å². The minimum absolute atomic E-state index is 0.0195. The van der Waals surface area contributed by atoms with Gasteiger partial charge in [-0.05, 0) is 23.6 Å². The van der Waals surface area contributed by atoms with Crippen molar-refractivity contribution in [2.24, 2.45) is 5.92 Å². The predicted molar refractivity (Wildman–Crippen MR) is 113 cm³/mol. The zero-order valence-corrected chi connectivity index (χ0v) is 16.5. The van der Waals surface area contributed by atoms with Gasteiger partial charge in [0.2, 0.25) is 5.82 Å². The second-order valence-electron chi connectivity index (χ2n) is 7.22. The average Bonchev–Trinajstić information content (AvgIpc) is 3.21. The summed E-state index contributed by atoms with van der Waals surface area (Å²) in [6.07, 6.45) is 6.73. The quantitative estimate of drug-likeness (QED) is 0.656. The highest BCUT2D eigenvalue weighted by atomic mass is 16.2. The van der Waals surface area contributed by atoms with Crippen molar-refractivity contribution in [3.05, 3.63) is 77.4 Å². The lowest BCUT2D eigenvalue weighted by atomic mass is 9.93. The Hall–Kier alpha value is -3.92. The van der Waals surface area contributed by atoms with Gasteiger partial charge in [0.05, 0.1) is 5.92 Å². The normalized spacial score (nSPS) is 18.3. The van der Waals surface area contributed by atoms with Crippen LogP contribution in [0.15, 0.2) is 54.6 Å². The number of nitrogens with zero attached hydrogens (tertiary/aromatic N) is 3. The van der Waals surface area contributed by atoms with E-state index in [-0.39, 0.29) is 11.7 Å². The Kier molecular flexibility index (Phi) is 5.31. The monoisotopic (exact) mass is 399 g/mol. The Morgan fingerprint density at radius 1 is 1.23 bits per heavy atom. The van der Waals surface area contributed by atoms with Crippen LogP contribution in [0, 0.1) is 18.3 Å². The molecule has 0 saturated heterocycles. The molecule has 2 atom stereocenters. The van der Waals surface area contributed by atoms with E-state index in [2.05, 4.69) is 26.4 Å². The van der Waals surface area contributed by atoms with Crippen molar-refractivity contribution in [2.45, 2.75) is 18.9 Å². The van der Waals surface area contributed by atoms with Crippen LogP contribution in [0.2, 0.25) is 0 Å². The van der Waals surface area contributed by atoms with Crippen molar-refractivity contribution in [1.82, 2.24) is 20.5 Å². The molecular formula is C23H21N5O2. The molecule has 3 aromatic rings. The molecule has 0 bridgehead atoms. The van der Waals surface area contributed by atoms with E-state index < -0.39 is 17.9 Å². The summed E-state index contributed by atoms with van der Waals surface area (Å²) < 4.78 is 0. The number of hydrogen-bond donors (Lipinski definition) is 2. The number of hydrogen-bond acceptors (Lipinski definition) is 4. The van der Waals surface area contributed by atoms with Gasteiger partial charge in [-0.1, -0.05) is 48.5 Å². The lowest BCUT2D eigenvalue weighted by molar-refractivity contribution is -0.120. The highest BCUT2D eigenvalue weighted by Gasteiger charge is 2.36. The zero-order chi connectivity index (χ0) is 21.1. The Morgan fingerprint density at radius 2 is 1.97 bits per heavy atom. The van der Waals surface area contributed by atoms with E-state index in [0.717, 1.165) is 16.8 Å². The third-order valence-corrected chi connectivity index (χ3v) is 5.24. The van der Waals surface area contributed by atoms with Crippen molar-refractivity contribution < 1.29 is 9.59 Å². The molecule has 0 saturated carbocycles. The molecule has 7 heteroatoms. The maximum absolute atomic E-state index is 13.1. The molecule has 1 aromatic heterocycles. The number of anilines is 1. The van der Waals surface area contributed by atoms with E-state index in [4.69, 9.17) is 6.42 Å². The van der Waals surface area contributed by atoms with Crippen molar-refractivity contribution in [3.63, 3.8) is 0 Å². The molecule has 2 N–H and O–H groups in total. The predicted octanol–water partition coefficient (Wildman–Crippen LogP) is 1.96. The van der Waals surface area contributed by atoms with E-state index in [1.54, 1.807) is 7.05 Å². The van der Waals surface area contributed by atoms with Gasteiger partial charge in [-0.3, -0.25) is 14.7 Å². The van der Waals surface area contributed by atoms with Gasteiger partial charge < -0.3 is 10.2 Å². The molecule has 0 aliphatic carbocycles. The van der Waals surface area contributed by atoms with Crippen LogP contribution in [0.1, 0.15) is 27.6 Å².